The molecular formula is C21H24N2O3. The van der Waals surface area contributed by atoms with Gasteiger partial charge >= 0.3 is 5.97 Å². The van der Waals surface area contributed by atoms with Gasteiger partial charge in [0.1, 0.15) is 0 Å². The molecule has 5 nitrogen and oxygen atoms in total. The summed E-state index contributed by atoms with van der Waals surface area (Å²) >= 11 is 0. The van der Waals surface area contributed by atoms with E-state index in [0.717, 1.165) is 31.6 Å². The van der Waals surface area contributed by atoms with Gasteiger partial charge in [-0.25, -0.2) is 4.79 Å². The largest absolute Gasteiger partial charge is 0.452 e. The summed E-state index contributed by atoms with van der Waals surface area (Å²) in [6.45, 7) is 3.46. The molecule has 1 N–H and O–H groups in total. The lowest BCUT2D eigenvalue weighted by Gasteiger charge is -2.30. The standard InChI is InChI=1S/C21H24N2O3/c1-16-11-13-23(14-12-16)20(24)15-26-21(25)18-9-5-6-10-19(18)22-17-7-3-2-4-8-17/h2-10,16,22H,11-15H2,1H3. The number of carbonyl (C=O) groups is 2. The number of amides is 1. The normalized spacial score (nSPS) is 14.7. The van der Waals surface area contributed by atoms with Crippen LogP contribution < -0.4 is 5.32 Å². The molecule has 136 valence electrons. The second-order valence-corrected chi connectivity index (χ2v) is 6.68. The number of rotatable bonds is 5. The summed E-state index contributed by atoms with van der Waals surface area (Å²) in [5.41, 5.74) is 1.95. The zero-order valence-corrected chi connectivity index (χ0v) is 15.0. The van der Waals surface area contributed by atoms with Crippen LogP contribution in [-0.4, -0.2) is 36.5 Å². The Morgan fingerprint density at radius 1 is 1.04 bits per heavy atom. The van der Waals surface area contributed by atoms with Gasteiger partial charge in [-0.2, -0.15) is 0 Å². The molecule has 1 aliphatic heterocycles. The number of nitrogens with one attached hydrogen (secondary N) is 1. The molecule has 0 aliphatic carbocycles. The van der Waals surface area contributed by atoms with Crippen LogP contribution >= 0.6 is 0 Å². The van der Waals surface area contributed by atoms with Crippen LogP contribution in [-0.2, 0) is 9.53 Å². The van der Waals surface area contributed by atoms with Crippen molar-refractivity contribution in [3.63, 3.8) is 0 Å². The number of carbonyl (C=O) groups excluding carboxylic acids is 2. The second kappa shape index (κ2) is 8.52. The molecule has 0 unspecified atom stereocenters. The number of para-hydroxylation sites is 2. The smallest absolute Gasteiger partial charge is 0.340 e. The summed E-state index contributed by atoms with van der Waals surface area (Å²) in [4.78, 5) is 26.5. The predicted molar refractivity (Wildman–Crippen MR) is 101 cm³/mol. The molecule has 1 aliphatic rings. The van der Waals surface area contributed by atoms with Crippen molar-refractivity contribution in [2.45, 2.75) is 19.8 Å². The Bertz CT molecular complexity index is 753. The summed E-state index contributed by atoms with van der Waals surface area (Å²) in [6, 6.07) is 16.7. The molecular weight excluding hydrogens is 328 g/mol. The van der Waals surface area contributed by atoms with E-state index >= 15 is 0 Å². The van der Waals surface area contributed by atoms with Crippen LogP contribution in [0.25, 0.3) is 0 Å². The highest BCUT2D eigenvalue weighted by molar-refractivity contribution is 5.97. The van der Waals surface area contributed by atoms with E-state index in [-0.39, 0.29) is 12.5 Å². The maximum Gasteiger partial charge on any atom is 0.340 e. The first kappa shape index (κ1) is 18.0. The van der Waals surface area contributed by atoms with Gasteiger partial charge < -0.3 is 15.0 Å². The molecule has 1 saturated heterocycles. The van der Waals surface area contributed by atoms with E-state index in [4.69, 9.17) is 4.74 Å². The van der Waals surface area contributed by atoms with Gasteiger partial charge in [-0.3, -0.25) is 4.79 Å². The third kappa shape index (κ3) is 4.63. The fourth-order valence-corrected chi connectivity index (χ4v) is 3.00. The minimum atomic E-state index is -0.497. The van der Waals surface area contributed by atoms with E-state index in [1.54, 1.807) is 17.0 Å². The average molecular weight is 352 g/mol. The Hall–Kier alpha value is -2.82. The van der Waals surface area contributed by atoms with E-state index < -0.39 is 5.97 Å². The van der Waals surface area contributed by atoms with E-state index in [0.29, 0.717) is 17.2 Å². The van der Waals surface area contributed by atoms with Crippen LogP contribution in [0.3, 0.4) is 0 Å². The molecule has 0 saturated carbocycles. The van der Waals surface area contributed by atoms with Crippen LogP contribution in [0, 0.1) is 5.92 Å². The Morgan fingerprint density at radius 3 is 2.42 bits per heavy atom. The molecule has 5 heteroatoms. The van der Waals surface area contributed by atoms with Crippen molar-refractivity contribution in [1.29, 1.82) is 0 Å². The van der Waals surface area contributed by atoms with Gasteiger partial charge in [0, 0.05) is 18.8 Å². The lowest BCUT2D eigenvalue weighted by atomic mass is 9.99. The number of hydrogen-bond acceptors (Lipinski definition) is 4. The predicted octanol–water partition coefficient (Wildman–Crippen LogP) is 3.85. The summed E-state index contributed by atoms with van der Waals surface area (Å²) in [6.07, 6.45) is 2.01. The summed E-state index contributed by atoms with van der Waals surface area (Å²) in [5.74, 6) is 0.0269. The molecule has 2 aromatic rings. The van der Waals surface area contributed by atoms with E-state index in [1.165, 1.54) is 0 Å². The quantitative estimate of drug-likeness (QED) is 0.831. The fraction of sp³-hybridized carbons (Fsp3) is 0.333. The van der Waals surface area contributed by atoms with Crippen LogP contribution in [0.2, 0.25) is 0 Å². The lowest BCUT2D eigenvalue weighted by Crippen LogP contribution is -2.40. The summed E-state index contributed by atoms with van der Waals surface area (Å²) < 4.78 is 5.28. The monoisotopic (exact) mass is 352 g/mol. The average Bonchev–Trinajstić information content (AvgIpc) is 2.67. The Morgan fingerprint density at radius 2 is 1.69 bits per heavy atom. The van der Waals surface area contributed by atoms with Crippen molar-refractivity contribution in [3.05, 3.63) is 60.2 Å². The molecule has 0 radical (unpaired) electrons. The van der Waals surface area contributed by atoms with Gasteiger partial charge in [0.25, 0.3) is 5.91 Å². The van der Waals surface area contributed by atoms with Crippen molar-refractivity contribution in [3.8, 4) is 0 Å². The maximum atomic E-state index is 12.5. The zero-order chi connectivity index (χ0) is 18.4. The summed E-state index contributed by atoms with van der Waals surface area (Å²) in [5, 5.41) is 3.21. The number of benzene rings is 2. The van der Waals surface area contributed by atoms with Crippen LogP contribution in [0.5, 0.6) is 0 Å². The Labute approximate surface area is 154 Å². The van der Waals surface area contributed by atoms with Gasteiger partial charge in [0.05, 0.1) is 11.3 Å². The van der Waals surface area contributed by atoms with Gasteiger partial charge in [-0.05, 0) is 43.0 Å². The SMILES string of the molecule is CC1CCN(C(=O)COC(=O)c2ccccc2Nc2ccccc2)CC1. The molecule has 26 heavy (non-hydrogen) atoms. The minimum Gasteiger partial charge on any atom is -0.452 e. The molecule has 0 aromatic heterocycles. The first-order valence-electron chi connectivity index (χ1n) is 8.99. The van der Waals surface area contributed by atoms with Crippen molar-refractivity contribution in [1.82, 2.24) is 4.90 Å². The van der Waals surface area contributed by atoms with Gasteiger partial charge in [-0.15, -0.1) is 0 Å². The van der Waals surface area contributed by atoms with E-state index in [9.17, 15) is 9.59 Å². The minimum absolute atomic E-state index is 0.126. The third-order valence-electron chi connectivity index (χ3n) is 4.66. The first-order chi connectivity index (χ1) is 12.6. The molecule has 1 fully saturated rings. The van der Waals surface area contributed by atoms with E-state index in [2.05, 4.69) is 12.2 Å². The summed E-state index contributed by atoms with van der Waals surface area (Å²) in [7, 11) is 0. The number of piperidine rings is 1. The Balaban J connectivity index is 1.60. The van der Waals surface area contributed by atoms with Crippen molar-refractivity contribution >= 4 is 23.3 Å². The molecule has 1 heterocycles. The zero-order valence-electron chi connectivity index (χ0n) is 15.0. The fourth-order valence-electron chi connectivity index (χ4n) is 3.00. The van der Waals surface area contributed by atoms with Crippen molar-refractivity contribution in [2.75, 3.05) is 25.0 Å². The van der Waals surface area contributed by atoms with Crippen molar-refractivity contribution < 1.29 is 14.3 Å². The number of likely N-dealkylation sites (tertiary alicyclic amines) is 1. The van der Waals surface area contributed by atoms with Crippen molar-refractivity contribution in [2.24, 2.45) is 5.92 Å². The van der Waals surface area contributed by atoms with Gasteiger partial charge in [0.2, 0.25) is 0 Å². The highest BCUT2D eigenvalue weighted by Gasteiger charge is 2.22. The molecule has 3 rings (SSSR count). The van der Waals surface area contributed by atoms with Gasteiger partial charge in [0.15, 0.2) is 6.61 Å². The number of esters is 1. The first-order valence-corrected chi connectivity index (χ1v) is 8.99. The molecule has 0 spiro atoms. The maximum absolute atomic E-state index is 12.5. The molecule has 0 atom stereocenters. The number of anilines is 2. The Kier molecular flexibility index (Phi) is 5.89. The number of ether oxygens (including phenoxy) is 1. The highest BCUT2D eigenvalue weighted by Crippen LogP contribution is 2.21. The molecule has 0 bridgehead atoms. The van der Waals surface area contributed by atoms with E-state index in [1.807, 2.05) is 42.5 Å². The van der Waals surface area contributed by atoms with Crippen LogP contribution in [0.4, 0.5) is 11.4 Å². The number of hydrogen-bond donors (Lipinski definition) is 1. The third-order valence-corrected chi connectivity index (χ3v) is 4.66. The lowest BCUT2D eigenvalue weighted by molar-refractivity contribution is -0.135. The van der Waals surface area contributed by atoms with Gasteiger partial charge in [-0.1, -0.05) is 37.3 Å². The second-order valence-electron chi connectivity index (χ2n) is 6.68. The molecule has 2 aromatic carbocycles. The van der Waals surface area contributed by atoms with Crippen LogP contribution in [0.15, 0.2) is 54.6 Å². The highest BCUT2D eigenvalue weighted by atomic mass is 16.5. The number of nitrogens with zero attached hydrogens (tertiary/aromatic N) is 1. The van der Waals surface area contributed by atoms with Crippen LogP contribution in [0.1, 0.15) is 30.1 Å². The molecule has 1 amide bonds. The topological polar surface area (TPSA) is 58.6 Å².